The Labute approximate surface area is 187 Å². The molecule has 1 fully saturated rings. The van der Waals surface area contributed by atoms with Crippen LogP contribution in [0.3, 0.4) is 0 Å². The number of urea groups is 1. The molecule has 1 saturated heterocycles. The zero-order valence-corrected chi connectivity index (χ0v) is 18.7. The van der Waals surface area contributed by atoms with Gasteiger partial charge >= 0.3 is 6.03 Å². The fourth-order valence-corrected chi connectivity index (χ4v) is 4.25. The van der Waals surface area contributed by atoms with Gasteiger partial charge in [-0.25, -0.2) is 20.2 Å². The van der Waals surface area contributed by atoms with E-state index in [9.17, 15) is 4.79 Å². The standard InChI is InChI=1S/C22H29ClN6O2/c1-3-22(2)18-13-24-20(26-17-8-10-31-11-9-17)27-19(18)14-29(22)21(30)28-25-12-15-4-6-16(23)7-5-15/h4-7,13,17,25H,3,8-12,14H2,1-2H3,(H,28,30)(H,24,26,27). The molecular formula is C22H29ClN6O2. The van der Waals surface area contributed by atoms with Gasteiger partial charge in [-0.05, 0) is 43.9 Å². The molecule has 0 bridgehead atoms. The molecule has 2 aliphatic rings. The van der Waals surface area contributed by atoms with Gasteiger partial charge in [-0.2, -0.15) is 0 Å². The van der Waals surface area contributed by atoms with Gasteiger partial charge in [0.2, 0.25) is 5.95 Å². The number of hydrogen-bond acceptors (Lipinski definition) is 6. The SMILES string of the molecule is CCC1(C)c2cnc(NC3CCOCC3)nc2CN1C(=O)NNCc1ccc(Cl)cc1. The number of halogens is 1. The van der Waals surface area contributed by atoms with Gasteiger partial charge in [0, 0.05) is 42.6 Å². The highest BCUT2D eigenvalue weighted by atomic mass is 35.5. The summed E-state index contributed by atoms with van der Waals surface area (Å²) in [6.45, 7) is 6.60. The first-order chi connectivity index (χ1) is 15.0. The maximum absolute atomic E-state index is 13.0. The van der Waals surface area contributed by atoms with Crippen molar-refractivity contribution in [2.24, 2.45) is 0 Å². The monoisotopic (exact) mass is 444 g/mol. The summed E-state index contributed by atoms with van der Waals surface area (Å²) in [5, 5.41) is 4.10. The Morgan fingerprint density at radius 1 is 1.29 bits per heavy atom. The number of hydrazine groups is 1. The number of hydrogen-bond donors (Lipinski definition) is 3. The summed E-state index contributed by atoms with van der Waals surface area (Å²) in [6, 6.07) is 7.64. The number of nitrogens with zero attached hydrogens (tertiary/aromatic N) is 3. The van der Waals surface area contributed by atoms with Crippen LogP contribution in [0.4, 0.5) is 10.7 Å². The Morgan fingerprint density at radius 2 is 2.03 bits per heavy atom. The van der Waals surface area contributed by atoms with Crippen molar-refractivity contribution in [2.45, 2.75) is 57.8 Å². The highest BCUT2D eigenvalue weighted by molar-refractivity contribution is 6.30. The lowest BCUT2D eigenvalue weighted by atomic mass is 9.92. The molecule has 1 atom stereocenters. The van der Waals surface area contributed by atoms with Crippen LogP contribution in [0.1, 0.15) is 49.9 Å². The average molecular weight is 445 g/mol. The Bertz CT molecular complexity index is 919. The molecule has 3 heterocycles. The third-order valence-corrected chi connectivity index (χ3v) is 6.49. The van der Waals surface area contributed by atoms with E-state index in [2.05, 4.69) is 35.0 Å². The molecule has 31 heavy (non-hydrogen) atoms. The molecule has 0 spiro atoms. The summed E-state index contributed by atoms with van der Waals surface area (Å²) in [5.74, 6) is 0.618. The predicted molar refractivity (Wildman–Crippen MR) is 120 cm³/mol. The number of anilines is 1. The fourth-order valence-electron chi connectivity index (χ4n) is 4.12. The Balaban J connectivity index is 1.41. The molecule has 0 saturated carbocycles. The van der Waals surface area contributed by atoms with Crippen LogP contribution in [-0.2, 0) is 23.4 Å². The summed E-state index contributed by atoms with van der Waals surface area (Å²) in [6.07, 6.45) is 4.52. The molecule has 1 aromatic carbocycles. The maximum Gasteiger partial charge on any atom is 0.332 e. The van der Waals surface area contributed by atoms with Crippen LogP contribution in [0.2, 0.25) is 5.02 Å². The van der Waals surface area contributed by atoms with Crippen molar-refractivity contribution in [3.05, 3.63) is 52.3 Å². The topological polar surface area (TPSA) is 91.4 Å². The molecule has 2 aromatic rings. The van der Waals surface area contributed by atoms with Crippen LogP contribution in [0.25, 0.3) is 0 Å². The van der Waals surface area contributed by atoms with Crippen molar-refractivity contribution < 1.29 is 9.53 Å². The second-order valence-electron chi connectivity index (χ2n) is 8.21. The smallest absolute Gasteiger partial charge is 0.332 e. The lowest BCUT2D eigenvalue weighted by Gasteiger charge is -2.34. The summed E-state index contributed by atoms with van der Waals surface area (Å²) in [7, 11) is 0. The number of carbonyl (C=O) groups is 1. The predicted octanol–water partition coefficient (Wildman–Crippen LogP) is 3.58. The zero-order valence-electron chi connectivity index (χ0n) is 17.9. The lowest BCUT2D eigenvalue weighted by Crippen LogP contribution is -2.51. The van der Waals surface area contributed by atoms with E-state index in [-0.39, 0.29) is 6.03 Å². The van der Waals surface area contributed by atoms with Gasteiger partial charge < -0.3 is 15.0 Å². The Morgan fingerprint density at radius 3 is 2.74 bits per heavy atom. The maximum atomic E-state index is 13.0. The van der Waals surface area contributed by atoms with Crippen molar-refractivity contribution in [3.8, 4) is 0 Å². The Kier molecular flexibility index (Phi) is 6.60. The third kappa shape index (κ3) is 4.76. The van der Waals surface area contributed by atoms with Crippen molar-refractivity contribution in [1.29, 1.82) is 0 Å². The first-order valence-corrected chi connectivity index (χ1v) is 11.1. The van der Waals surface area contributed by atoms with Crippen LogP contribution >= 0.6 is 11.6 Å². The van der Waals surface area contributed by atoms with Gasteiger partial charge in [0.05, 0.1) is 17.8 Å². The van der Waals surface area contributed by atoms with Crippen molar-refractivity contribution in [3.63, 3.8) is 0 Å². The van der Waals surface area contributed by atoms with Gasteiger partial charge in [0.1, 0.15) is 0 Å². The second kappa shape index (κ2) is 9.38. The summed E-state index contributed by atoms with van der Waals surface area (Å²) in [4.78, 5) is 24.1. The molecule has 3 N–H and O–H groups in total. The van der Waals surface area contributed by atoms with Crippen molar-refractivity contribution in [1.82, 2.24) is 25.7 Å². The number of benzene rings is 1. The Hall–Kier alpha value is -2.42. The molecule has 4 rings (SSSR count). The zero-order chi connectivity index (χ0) is 21.8. The highest BCUT2D eigenvalue weighted by Crippen LogP contribution is 2.40. The minimum Gasteiger partial charge on any atom is -0.381 e. The second-order valence-corrected chi connectivity index (χ2v) is 8.65. The number of amides is 2. The summed E-state index contributed by atoms with van der Waals surface area (Å²) < 4.78 is 5.42. The number of rotatable bonds is 6. The quantitative estimate of drug-likeness (QED) is 0.590. The van der Waals surface area contributed by atoms with E-state index >= 15 is 0 Å². The van der Waals surface area contributed by atoms with Crippen molar-refractivity contribution >= 4 is 23.6 Å². The fraction of sp³-hybridized carbons (Fsp3) is 0.500. The van der Waals surface area contributed by atoms with Crippen LogP contribution in [0, 0.1) is 0 Å². The number of aromatic nitrogens is 2. The molecule has 0 aliphatic carbocycles. The first kappa shape index (κ1) is 21.8. The van der Waals surface area contributed by atoms with Crippen LogP contribution in [-0.4, -0.2) is 40.2 Å². The van der Waals surface area contributed by atoms with Crippen LogP contribution < -0.4 is 16.2 Å². The van der Waals surface area contributed by atoms with E-state index in [1.54, 1.807) is 0 Å². The molecule has 0 radical (unpaired) electrons. The minimum atomic E-state index is -0.460. The molecule has 9 heteroatoms. The van der Waals surface area contributed by atoms with E-state index in [1.807, 2.05) is 35.4 Å². The minimum absolute atomic E-state index is 0.185. The van der Waals surface area contributed by atoms with Crippen LogP contribution in [0.15, 0.2) is 30.5 Å². The highest BCUT2D eigenvalue weighted by Gasteiger charge is 2.44. The van der Waals surface area contributed by atoms with Crippen LogP contribution in [0.5, 0.6) is 0 Å². The van der Waals surface area contributed by atoms with Gasteiger partial charge in [0.25, 0.3) is 0 Å². The largest absolute Gasteiger partial charge is 0.381 e. The van der Waals surface area contributed by atoms with Crippen molar-refractivity contribution in [2.75, 3.05) is 18.5 Å². The lowest BCUT2D eigenvalue weighted by molar-refractivity contribution is 0.0903. The van der Waals surface area contributed by atoms with E-state index in [4.69, 9.17) is 21.3 Å². The molecule has 1 aromatic heterocycles. The van der Waals surface area contributed by atoms with E-state index in [0.29, 0.717) is 30.1 Å². The summed E-state index contributed by atoms with van der Waals surface area (Å²) >= 11 is 5.92. The number of ether oxygens (including phenoxy) is 1. The number of fused-ring (bicyclic) bond motifs is 1. The van der Waals surface area contributed by atoms with E-state index < -0.39 is 5.54 Å². The molecule has 2 amide bonds. The first-order valence-electron chi connectivity index (χ1n) is 10.7. The number of carbonyl (C=O) groups excluding carboxylic acids is 1. The molecule has 1 unspecified atom stereocenters. The van der Waals surface area contributed by atoms with Gasteiger partial charge in [-0.3, -0.25) is 5.43 Å². The van der Waals surface area contributed by atoms with Gasteiger partial charge in [0.15, 0.2) is 0 Å². The summed E-state index contributed by atoms with van der Waals surface area (Å²) in [5.41, 5.74) is 8.29. The molecule has 166 valence electrons. The van der Waals surface area contributed by atoms with Gasteiger partial charge in [-0.15, -0.1) is 0 Å². The average Bonchev–Trinajstić information content (AvgIpc) is 3.08. The number of nitrogens with one attached hydrogen (secondary N) is 3. The molecule has 2 aliphatic heterocycles. The molecule has 8 nitrogen and oxygen atoms in total. The van der Waals surface area contributed by atoms with E-state index in [0.717, 1.165) is 49.3 Å². The van der Waals surface area contributed by atoms with E-state index in [1.165, 1.54) is 0 Å². The molecular weight excluding hydrogens is 416 g/mol. The third-order valence-electron chi connectivity index (χ3n) is 6.24. The van der Waals surface area contributed by atoms with Gasteiger partial charge in [-0.1, -0.05) is 30.7 Å². The normalized spacial score (nSPS) is 21.1.